The molecule has 1 rings (SSSR count). The molecule has 0 aromatic rings. The van der Waals surface area contributed by atoms with Crippen LogP contribution < -0.4 is 5.73 Å². The fraction of sp³-hybridized carbons (Fsp3) is 0.938. The molecule has 0 heterocycles. The molecule has 0 aliphatic heterocycles. The van der Waals surface area contributed by atoms with E-state index in [1.165, 1.54) is 12.8 Å². The summed E-state index contributed by atoms with van der Waals surface area (Å²) < 4.78 is 0. The Hall–Kier alpha value is -0.570. The van der Waals surface area contributed by atoms with Crippen molar-refractivity contribution in [3.05, 3.63) is 0 Å². The first-order chi connectivity index (χ1) is 8.85. The van der Waals surface area contributed by atoms with Crippen molar-refractivity contribution < 1.29 is 4.79 Å². The molecule has 3 nitrogen and oxygen atoms in total. The number of hydrogen-bond acceptors (Lipinski definition) is 2. The molecule has 0 saturated heterocycles. The summed E-state index contributed by atoms with van der Waals surface area (Å²) in [6.07, 6.45) is 6.16. The van der Waals surface area contributed by atoms with E-state index in [1.54, 1.807) is 0 Å². The first kappa shape index (κ1) is 16.5. The van der Waals surface area contributed by atoms with Crippen LogP contribution in [-0.4, -0.2) is 29.9 Å². The molecule has 19 heavy (non-hydrogen) atoms. The standard InChI is InChI=1S/C16H32N2O/c1-13(2)8-12-18(14-5-6-14)15(19)7-9-16(3,4)10-11-17/h13-14H,5-12,17H2,1-4H3. The summed E-state index contributed by atoms with van der Waals surface area (Å²) in [5.41, 5.74) is 5.82. The van der Waals surface area contributed by atoms with Gasteiger partial charge in [-0.25, -0.2) is 0 Å². The number of carbonyl (C=O) groups is 1. The number of carbonyl (C=O) groups excluding carboxylic acids is 1. The molecular weight excluding hydrogens is 236 g/mol. The summed E-state index contributed by atoms with van der Waals surface area (Å²) in [5.74, 6) is 1.02. The van der Waals surface area contributed by atoms with Gasteiger partial charge in [0.25, 0.3) is 0 Å². The Morgan fingerprint density at radius 3 is 2.42 bits per heavy atom. The smallest absolute Gasteiger partial charge is 0.222 e. The Morgan fingerprint density at radius 2 is 1.95 bits per heavy atom. The van der Waals surface area contributed by atoms with E-state index in [0.29, 0.717) is 30.8 Å². The minimum Gasteiger partial charge on any atom is -0.340 e. The van der Waals surface area contributed by atoms with Crippen molar-refractivity contribution in [2.75, 3.05) is 13.1 Å². The summed E-state index contributed by atoms with van der Waals surface area (Å²) in [4.78, 5) is 14.5. The molecule has 1 saturated carbocycles. The van der Waals surface area contributed by atoms with Crippen LogP contribution in [0, 0.1) is 11.3 Å². The maximum atomic E-state index is 12.4. The van der Waals surface area contributed by atoms with Crippen LogP contribution in [0.4, 0.5) is 0 Å². The Balaban J connectivity index is 2.39. The molecule has 112 valence electrons. The van der Waals surface area contributed by atoms with Crippen LogP contribution >= 0.6 is 0 Å². The molecule has 0 atom stereocenters. The van der Waals surface area contributed by atoms with Crippen molar-refractivity contribution >= 4 is 5.91 Å². The van der Waals surface area contributed by atoms with Crippen molar-refractivity contribution in [2.24, 2.45) is 17.1 Å². The SMILES string of the molecule is CC(C)CCN(C(=O)CCC(C)(C)CCN)C1CC1. The summed E-state index contributed by atoms with van der Waals surface area (Å²) in [7, 11) is 0. The van der Waals surface area contributed by atoms with Gasteiger partial charge < -0.3 is 10.6 Å². The number of amides is 1. The summed E-state index contributed by atoms with van der Waals surface area (Å²) >= 11 is 0. The van der Waals surface area contributed by atoms with Crippen molar-refractivity contribution in [3.8, 4) is 0 Å². The van der Waals surface area contributed by atoms with Crippen LogP contribution in [0.2, 0.25) is 0 Å². The first-order valence-electron chi connectivity index (χ1n) is 7.85. The fourth-order valence-corrected chi connectivity index (χ4v) is 2.40. The highest BCUT2D eigenvalue weighted by Crippen LogP contribution is 2.30. The summed E-state index contributed by atoms with van der Waals surface area (Å²) in [5, 5.41) is 0. The second-order valence-electron chi connectivity index (χ2n) is 7.20. The van der Waals surface area contributed by atoms with Gasteiger partial charge in [0.15, 0.2) is 0 Å². The van der Waals surface area contributed by atoms with Crippen molar-refractivity contribution in [1.29, 1.82) is 0 Å². The van der Waals surface area contributed by atoms with Crippen molar-refractivity contribution in [3.63, 3.8) is 0 Å². The van der Waals surface area contributed by atoms with E-state index in [9.17, 15) is 4.79 Å². The lowest BCUT2D eigenvalue weighted by molar-refractivity contribution is -0.132. The van der Waals surface area contributed by atoms with Crippen LogP contribution in [0.3, 0.4) is 0 Å². The van der Waals surface area contributed by atoms with Gasteiger partial charge in [-0.15, -0.1) is 0 Å². The molecule has 0 unspecified atom stereocenters. The lowest BCUT2D eigenvalue weighted by atomic mass is 9.84. The van der Waals surface area contributed by atoms with Gasteiger partial charge in [0, 0.05) is 19.0 Å². The van der Waals surface area contributed by atoms with E-state index in [2.05, 4.69) is 32.6 Å². The van der Waals surface area contributed by atoms with Gasteiger partial charge in [-0.3, -0.25) is 4.79 Å². The summed E-state index contributed by atoms with van der Waals surface area (Å²) in [6, 6.07) is 0.545. The number of hydrogen-bond donors (Lipinski definition) is 1. The number of nitrogens with zero attached hydrogens (tertiary/aromatic N) is 1. The number of rotatable bonds is 9. The zero-order chi connectivity index (χ0) is 14.5. The second kappa shape index (κ2) is 7.28. The second-order valence-corrected chi connectivity index (χ2v) is 7.20. The minimum absolute atomic E-state index is 0.192. The normalized spacial score (nSPS) is 15.9. The Labute approximate surface area is 118 Å². The predicted octanol–water partition coefficient (Wildman–Crippen LogP) is 3.18. The van der Waals surface area contributed by atoms with Crippen LogP contribution in [-0.2, 0) is 4.79 Å². The van der Waals surface area contributed by atoms with E-state index >= 15 is 0 Å². The summed E-state index contributed by atoms with van der Waals surface area (Å²) in [6.45, 7) is 10.5. The van der Waals surface area contributed by atoms with Gasteiger partial charge in [0.2, 0.25) is 5.91 Å². The van der Waals surface area contributed by atoms with Crippen LogP contribution in [0.15, 0.2) is 0 Å². The molecule has 3 heteroatoms. The van der Waals surface area contributed by atoms with Gasteiger partial charge in [-0.2, -0.15) is 0 Å². The highest BCUT2D eigenvalue weighted by molar-refractivity contribution is 5.76. The molecule has 1 aliphatic carbocycles. The molecule has 2 N–H and O–H groups in total. The van der Waals surface area contributed by atoms with Crippen molar-refractivity contribution in [1.82, 2.24) is 4.90 Å². The quantitative estimate of drug-likeness (QED) is 0.698. The molecule has 1 aliphatic rings. The molecule has 0 radical (unpaired) electrons. The monoisotopic (exact) mass is 268 g/mol. The van der Waals surface area contributed by atoms with Crippen LogP contribution in [0.1, 0.15) is 66.2 Å². The van der Waals surface area contributed by atoms with Gasteiger partial charge in [-0.05, 0) is 50.0 Å². The fourth-order valence-electron chi connectivity index (χ4n) is 2.40. The maximum absolute atomic E-state index is 12.4. The lowest BCUT2D eigenvalue weighted by Gasteiger charge is -2.27. The molecule has 0 spiro atoms. The highest BCUT2D eigenvalue weighted by atomic mass is 16.2. The third-order valence-corrected chi connectivity index (χ3v) is 4.09. The molecule has 0 aromatic carbocycles. The molecular formula is C16H32N2O. The zero-order valence-electron chi connectivity index (χ0n) is 13.2. The molecule has 0 bridgehead atoms. The average Bonchev–Trinajstić information content (AvgIpc) is 3.10. The largest absolute Gasteiger partial charge is 0.340 e. The van der Waals surface area contributed by atoms with Gasteiger partial charge in [0.05, 0.1) is 0 Å². The third-order valence-electron chi connectivity index (χ3n) is 4.09. The predicted molar refractivity (Wildman–Crippen MR) is 80.9 cm³/mol. The first-order valence-corrected chi connectivity index (χ1v) is 7.85. The average molecular weight is 268 g/mol. The highest BCUT2D eigenvalue weighted by Gasteiger charge is 2.32. The van der Waals surface area contributed by atoms with E-state index in [-0.39, 0.29) is 5.41 Å². The third kappa shape index (κ3) is 6.42. The molecule has 0 aromatic heterocycles. The Kier molecular flexibility index (Phi) is 6.31. The Bertz CT molecular complexity index is 282. The van der Waals surface area contributed by atoms with Gasteiger partial charge in [-0.1, -0.05) is 27.7 Å². The van der Waals surface area contributed by atoms with E-state index in [0.717, 1.165) is 25.8 Å². The number of nitrogens with two attached hydrogens (primary N) is 1. The van der Waals surface area contributed by atoms with E-state index in [4.69, 9.17) is 5.73 Å². The topological polar surface area (TPSA) is 46.3 Å². The van der Waals surface area contributed by atoms with Gasteiger partial charge in [0.1, 0.15) is 0 Å². The molecule has 1 fully saturated rings. The van der Waals surface area contributed by atoms with Crippen LogP contribution in [0.5, 0.6) is 0 Å². The Morgan fingerprint density at radius 1 is 1.32 bits per heavy atom. The lowest BCUT2D eigenvalue weighted by Crippen LogP contribution is -2.35. The van der Waals surface area contributed by atoms with Crippen LogP contribution in [0.25, 0.3) is 0 Å². The maximum Gasteiger partial charge on any atom is 0.222 e. The van der Waals surface area contributed by atoms with Gasteiger partial charge >= 0.3 is 0 Å². The van der Waals surface area contributed by atoms with Crippen molar-refractivity contribution in [2.45, 2.75) is 72.3 Å². The zero-order valence-corrected chi connectivity index (χ0v) is 13.2. The molecule has 1 amide bonds. The van der Waals surface area contributed by atoms with E-state index < -0.39 is 0 Å². The van der Waals surface area contributed by atoms with E-state index in [1.807, 2.05) is 0 Å². The minimum atomic E-state index is 0.192.